The molecule has 0 saturated carbocycles. The second kappa shape index (κ2) is 7.95. The van der Waals surface area contributed by atoms with Crippen molar-refractivity contribution >= 4 is 21.6 Å². The second-order valence-electron chi connectivity index (χ2n) is 8.70. The zero-order valence-corrected chi connectivity index (χ0v) is 18.5. The predicted molar refractivity (Wildman–Crippen MR) is 112 cm³/mol. The van der Waals surface area contributed by atoms with E-state index in [-0.39, 0.29) is 41.7 Å². The molecule has 1 aliphatic heterocycles. The number of carbonyl (C=O) groups excluding carboxylic acids is 1. The van der Waals surface area contributed by atoms with Gasteiger partial charge in [0.1, 0.15) is 5.82 Å². The first-order chi connectivity index (χ1) is 14.6. The number of hydrogen-bond acceptors (Lipinski definition) is 8. The van der Waals surface area contributed by atoms with Crippen molar-refractivity contribution in [3.63, 3.8) is 0 Å². The van der Waals surface area contributed by atoms with E-state index in [1.807, 2.05) is 26.8 Å². The minimum Gasteiger partial charge on any atom is -0.461 e. The van der Waals surface area contributed by atoms with Gasteiger partial charge in [0.05, 0.1) is 29.5 Å². The molecule has 1 N–H and O–H groups in total. The minimum atomic E-state index is -3.09. The van der Waals surface area contributed by atoms with Gasteiger partial charge in [-0.25, -0.2) is 13.1 Å². The van der Waals surface area contributed by atoms with Gasteiger partial charge in [0, 0.05) is 24.3 Å². The smallest absolute Gasteiger partial charge is 0.238 e. The van der Waals surface area contributed by atoms with E-state index < -0.39 is 9.84 Å². The van der Waals surface area contributed by atoms with Gasteiger partial charge < -0.3 is 14.3 Å². The molecule has 1 atom stereocenters. The average molecular weight is 448 g/mol. The number of rotatable bonds is 6. The highest BCUT2D eigenvalue weighted by molar-refractivity contribution is 7.91. The van der Waals surface area contributed by atoms with Crippen molar-refractivity contribution in [3.05, 3.63) is 36.0 Å². The summed E-state index contributed by atoms with van der Waals surface area (Å²) in [5.41, 5.74) is 0.542. The Labute approximate surface area is 179 Å². The number of nitrogens with one attached hydrogen (secondary N) is 1. The van der Waals surface area contributed by atoms with Crippen LogP contribution in [0.3, 0.4) is 0 Å². The van der Waals surface area contributed by atoms with Crippen LogP contribution in [0.15, 0.2) is 33.4 Å². The Kier molecular flexibility index (Phi) is 5.46. The van der Waals surface area contributed by atoms with E-state index in [1.165, 1.54) is 6.26 Å². The fourth-order valence-electron chi connectivity index (χ4n) is 3.39. The third-order valence-electron chi connectivity index (χ3n) is 5.10. The van der Waals surface area contributed by atoms with Gasteiger partial charge >= 0.3 is 0 Å². The molecule has 1 fully saturated rings. The lowest BCUT2D eigenvalue weighted by Gasteiger charge is -2.15. The van der Waals surface area contributed by atoms with Gasteiger partial charge in [0.15, 0.2) is 15.6 Å². The number of hydrogen-bond donors (Lipinski definition) is 1. The Morgan fingerprint density at radius 3 is 2.81 bits per heavy atom. The van der Waals surface area contributed by atoms with Crippen LogP contribution in [0.1, 0.15) is 51.2 Å². The monoisotopic (exact) mass is 447 g/mol. The van der Waals surface area contributed by atoms with Gasteiger partial charge in [-0.1, -0.05) is 25.9 Å². The highest BCUT2D eigenvalue weighted by Gasteiger charge is 2.33. The number of amides is 1. The lowest BCUT2D eigenvalue weighted by Crippen LogP contribution is -2.20. The summed E-state index contributed by atoms with van der Waals surface area (Å²) in [6, 6.07) is 4.97. The van der Waals surface area contributed by atoms with E-state index in [4.69, 9.17) is 8.94 Å². The first kappa shape index (κ1) is 21.3. The Morgan fingerprint density at radius 2 is 2.16 bits per heavy atom. The Hall–Kier alpha value is -2.95. The Balaban J connectivity index is 1.45. The van der Waals surface area contributed by atoms with Crippen LogP contribution in [0.2, 0.25) is 0 Å². The molecule has 10 nitrogen and oxygen atoms in total. The topological polar surface area (TPSA) is 133 Å². The molecule has 0 spiro atoms. The zero-order valence-electron chi connectivity index (χ0n) is 17.7. The fourth-order valence-corrected chi connectivity index (χ4v) is 5.08. The highest BCUT2D eigenvalue weighted by Crippen LogP contribution is 2.31. The molecule has 0 bridgehead atoms. The summed E-state index contributed by atoms with van der Waals surface area (Å²) in [6.07, 6.45) is 2.38. The predicted octanol–water partition coefficient (Wildman–Crippen LogP) is 2.75. The molecule has 1 saturated heterocycles. The standard InChI is InChI=1S/C20H25N5O5S/c1-20(2,3)15-11-16(25(23-15)13-8-10-31(27,28)12-13)21-17(26)6-7-18-22-19(24-30-18)14-5-4-9-29-14/h4-5,9,11,13H,6-8,10,12H2,1-3H3,(H,21,26)/t13-/m0/s1. The number of anilines is 1. The minimum absolute atomic E-state index is 0.0265. The van der Waals surface area contributed by atoms with E-state index in [9.17, 15) is 13.2 Å². The largest absolute Gasteiger partial charge is 0.461 e. The van der Waals surface area contributed by atoms with Crippen LogP contribution in [-0.2, 0) is 26.5 Å². The molecule has 0 radical (unpaired) electrons. The number of aromatic nitrogens is 4. The summed E-state index contributed by atoms with van der Waals surface area (Å²) in [5, 5.41) is 11.3. The van der Waals surface area contributed by atoms with Crippen LogP contribution in [0.25, 0.3) is 11.6 Å². The lowest BCUT2D eigenvalue weighted by atomic mass is 9.92. The number of sulfone groups is 1. The molecular formula is C20H25N5O5S. The van der Waals surface area contributed by atoms with Crippen LogP contribution in [-0.4, -0.2) is 45.8 Å². The molecule has 0 aromatic carbocycles. The van der Waals surface area contributed by atoms with Gasteiger partial charge in [0.2, 0.25) is 17.6 Å². The van der Waals surface area contributed by atoms with Crippen LogP contribution < -0.4 is 5.32 Å². The first-order valence-corrected chi connectivity index (χ1v) is 11.9. The van der Waals surface area contributed by atoms with Gasteiger partial charge in [-0.15, -0.1) is 0 Å². The van der Waals surface area contributed by atoms with Crippen molar-refractivity contribution < 1.29 is 22.2 Å². The second-order valence-corrected chi connectivity index (χ2v) is 10.9. The number of furan rings is 1. The molecule has 11 heteroatoms. The molecule has 3 aromatic rings. The molecule has 4 heterocycles. The molecule has 1 aliphatic rings. The summed E-state index contributed by atoms with van der Waals surface area (Å²) in [5.74, 6) is 1.55. The maximum atomic E-state index is 12.6. The van der Waals surface area contributed by atoms with E-state index in [0.29, 0.717) is 29.7 Å². The summed E-state index contributed by atoms with van der Waals surface area (Å²) in [6.45, 7) is 6.05. The van der Waals surface area contributed by atoms with Crippen molar-refractivity contribution in [2.75, 3.05) is 16.8 Å². The number of nitrogens with zero attached hydrogens (tertiary/aromatic N) is 4. The van der Waals surface area contributed by atoms with Crippen LogP contribution >= 0.6 is 0 Å². The fraction of sp³-hybridized carbons (Fsp3) is 0.500. The summed E-state index contributed by atoms with van der Waals surface area (Å²) < 4.78 is 35.9. The van der Waals surface area contributed by atoms with Gasteiger partial charge in [-0.3, -0.25) is 4.79 Å². The SMILES string of the molecule is CC(C)(C)c1cc(NC(=O)CCc2nc(-c3ccco3)no2)n([C@H]2CCS(=O)(=O)C2)n1. The normalized spacial score (nSPS) is 18.4. The molecule has 4 rings (SSSR count). The highest BCUT2D eigenvalue weighted by atomic mass is 32.2. The molecule has 0 aliphatic carbocycles. The molecule has 0 unspecified atom stereocenters. The Morgan fingerprint density at radius 1 is 1.35 bits per heavy atom. The maximum absolute atomic E-state index is 12.6. The quantitative estimate of drug-likeness (QED) is 0.610. The number of aryl methyl sites for hydroxylation is 1. The molecule has 166 valence electrons. The zero-order chi connectivity index (χ0) is 22.2. The molecular weight excluding hydrogens is 422 g/mol. The van der Waals surface area contributed by atoms with Crippen molar-refractivity contribution in [1.82, 2.24) is 19.9 Å². The van der Waals surface area contributed by atoms with Gasteiger partial charge in [-0.2, -0.15) is 10.1 Å². The maximum Gasteiger partial charge on any atom is 0.238 e. The summed E-state index contributed by atoms with van der Waals surface area (Å²) in [4.78, 5) is 16.8. The molecule has 3 aromatic heterocycles. The van der Waals surface area contributed by atoms with E-state index >= 15 is 0 Å². The van der Waals surface area contributed by atoms with Crippen molar-refractivity contribution in [1.29, 1.82) is 0 Å². The van der Waals surface area contributed by atoms with Crippen LogP contribution in [0.5, 0.6) is 0 Å². The van der Waals surface area contributed by atoms with Crippen molar-refractivity contribution in [3.8, 4) is 11.6 Å². The first-order valence-electron chi connectivity index (χ1n) is 10.1. The van der Waals surface area contributed by atoms with Crippen molar-refractivity contribution in [2.24, 2.45) is 0 Å². The van der Waals surface area contributed by atoms with Crippen LogP contribution in [0.4, 0.5) is 5.82 Å². The van der Waals surface area contributed by atoms with E-state index in [1.54, 1.807) is 16.8 Å². The van der Waals surface area contributed by atoms with Gasteiger partial charge in [0.25, 0.3) is 0 Å². The van der Waals surface area contributed by atoms with E-state index in [2.05, 4.69) is 20.6 Å². The third kappa shape index (κ3) is 4.87. The van der Waals surface area contributed by atoms with Gasteiger partial charge in [-0.05, 0) is 18.6 Å². The van der Waals surface area contributed by atoms with Crippen LogP contribution in [0, 0.1) is 0 Å². The number of carbonyl (C=O) groups is 1. The third-order valence-corrected chi connectivity index (χ3v) is 6.85. The van der Waals surface area contributed by atoms with E-state index in [0.717, 1.165) is 5.69 Å². The summed E-state index contributed by atoms with van der Waals surface area (Å²) in [7, 11) is -3.09. The average Bonchev–Trinajstić information content (AvgIpc) is 3.45. The summed E-state index contributed by atoms with van der Waals surface area (Å²) >= 11 is 0. The Bertz CT molecular complexity index is 1170. The molecule has 31 heavy (non-hydrogen) atoms. The molecule has 1 amide bonds. The van der Waals surface area contributed by atoms with Crippen molar-refractivity contribution in [2.45, 2.75) is 51.5 Å². The lowest BCUT2D eigenvalue weighted by molar-refractivity contribution is -0.116.